The maximum atomic E-state index is 10.5. The van der Waals surface area contributed by atoms with Gasteiger partial charge in [-0.05, 0) is 34.8 Å². The van der Waals surface area contributed by atoms with Crippen molar-refractivity contribution >= 4 is 22.2 Å². The molecular weight excluding hydrogens is 232 g/mol. The number of carbonyl (C=O) groups is 1. The van der Waals surface area contributed by atoms with Gasteiger partial charge in [0.25, 0.3) is 0 Å². The second-order valence-corrected chi connectivity index (χ2v) is 4.31. The molecule has 1 saturated carbocycles. The van der Waals surface area contributed by atoms with Crippen molar-refractivity contribution in [3.63, 3.8) is 0 Å². The lowest BCUT2D eigenvalue weighted by Gasteiger charge is -2.02. The van der Waals surface area contributed by atoms with E-state index in [-0.39, 0.29) is 0 Å². The Hall–Kier alpha value is -0.570. The zero-order valence-corrected chi connectivity index (χ0v) is 8.84. The van der Waals surface area contributed by atoms with Crippen LogP contribution in [0.4, 0.5) is 0 Å². The summed E-state index contributed by atoms with van der Waals surface area (Å²) in [7, 11) is 0. The minimum absolute atomic E-state index is 0.418. The highest BCUT2D eigenvalue weighted by Gasteiger charge is 2.21. The van der Waals surface area contributed by atoms with Gasteiger partial charge in [-0.3, -0.25) is 4.79 Å². The van der Waals surface area contributed by atoms with Gasteiger partial charge in [0, 0.05) is 5.92 Å². The molecule has 3 heteroatoms. The molecule has 2 rings (SSSR count). The minimum atomic E-state index is 0.418. The topological polar surface area (TPSA) is 30.2 Å². The van der Waals surface area contributed by atoms with Crippen LogP contribution < -0.4 is 0 Å². The van der Waals surface area contributed by atoms with Gasteiger partial charge < -0.3 is 4.42 Å². The second kappa shape index (κ2) is 3.66. The number of rotatable bonds is 2. The quantitative estimate of drug-likeness (QED) is 0.744. The van der Waals surface area contributed by atoms with Crippen molar-refractivity contribution < 1.29 is 9.21 Å². The zero-order chi connectivity index (χ0) is 9.26. The van der Waals surface area contributed by atoms with Crippen LogP contribution in [-0.2, 0) is 0 Å². The molecule has 0 saturated heterocycles. The fourth-order valence-electron chi connectivity index (χ4n) is 1.89. The van der Waals surface area contributed by atoms with Gasteiger partial charge in [-0.25, -0.2) is 0 Å². The molecule has 1 aliphatic carbocycles. The van der Waals surface area contributed by atoms with Gasteiger partial charge in [0.2, 0.25) is 0 Å². The molecule has 0 amide bonds. The SMILES string of the molecule is O=Cc1oc(C2CCCC2)cc1Br. The van der Waals surface area contributed by atoms with Crippen LogP contribution in [0.3, 0.4) is 0 Å². The summed E-state index contributed by atoms with van der Waals surface area (Å²) in [6.45, 7) is 0. The molecule has 0 aliphatic heterocycles. The molecule has 1 aromatic heterocycles. The summed E-state index contributed by atoms with van der Waals surface area (Å²) < 4.78 is 6.21. The monoisotopic (exact) mass is 242 g/mol. The first-order valence-corrected chi connectivity index (χ1v) is 5.35. The highest BCUT2D eigenvalue weighted by atomic mass is 79.9. The van der Waals surface area contributed by atoms with Crippen LogP contribution in [0.25, 0.3) is 0 Å². The van der Waals surface area contributed by atoms with Gasteiger partial charge in [-0.2, -0.15) is 0 Å². The van der Waals surface area contributed by atoms with Crippen LogP contribution in [0.5, 0.6) is 0 Å². The Morgan fingerprint density at radius 1 is 1.46 bits per heavy atom. The molecule has 1 aliphatic rings. The van der Waals surface area contributed by atoms with E-state index in [4.69, 9.17) is 4.42 Å². The predicted molar refractivity (Wildman–Crippen MR) is 53.0 cm³/mol. The largest absolute Gasteiger partial charge is 0.457 e. The predicted octanol–water partition coefficient (Wildman–Crippen LogP) is 3.51. The van der Waals surface area contributed by atoms with Crippen LogP contribution in [0.2, 0.25) is 0 Å². The molecule has 1 heterocycles. The number of carbonyl (C=O) groups excluding carboxylic acids is 1. The summed E-state index contributed by atoms with van der Waals surface area (Å²) in [5.41, 5.74) is 0. The van der Waals surface area contributed by atoms with E-state index in [9.17, 15) is 4.79 Å². The lowest BCUT2D eigenvalue weighted by Crippen LogP contribution is -1.87. The fraction of sp³-hybridized carbons (Fsp3) is 0.500. The van der Waals surface area contributed by atoms with Gasteiger partial charge >= 0.3 is 0 Å². The summed E-state index contributed by atoms with van der Waals surface area (Å²) in [5.74, 6) is 1.92. The zero-order valence-electron chi connectivity index (χ0n) is 7.25. The average molecular weight is 243 g/mol. The Labute approximate surface area is 85.4 Å². The van der Waals surface area contributed by atoms with Gasteiger partial charge in [-0.1, -0.05) is 12.8 Å². The third-order valence-electron chi connectivity index (χ3n) is 2.60. The van der Waals surface area contributed by atoms with Crippen molar-refractivity contribution in [3.8, 4) is 0 Å². The molecule has 1 fully saturated rings. The first kappa shape index (κ1) is 9.00. The summed E-state index contributed by atoms with van der Waals surface area (Å²) in [4.78, 5) is 10.5. The number of hydrogen-bond acceptors (Lipinski definition) is 2. The van der Waals surface area contributed by atoms with Crippen LogP contribution in [-0.4, -0.2) is 6.29 Å². The Balaban J connectivity index is 2.24. The van der Waals surface area contributed by atoms with Gasteiger partial charge in [0.15, 0.2) is 12.0 Å². The number of hydrogen-bond donors (Lipinski definition) is 0. The van der Waals surface area contributed by atoms with E-state index in [2.05, 4.69) is 15.9 Å². The van der Waals surface area contributed by atoms with Crippen molar-refractivity contribution in [1.29, 1.82) is 0 Å². The molecule has 0 aromatic carbocycles. The van der Waals surface area contributed by atoms with Gasteiger partial charge in [-0.15, -0.1) is 0 Å². The standard InChI is InChI=1S/C10H11BrO2/c11-8-5-9(13-10(8)6-12)7-3-1-2-4-7/h5-7H,1-4H2. The molecule has 0 spiro atoms. The van der Waals surface area contributed by atoms with E-state index >= 15 is 0 Å². The Morgan fingerprint density at radius 3 is 2.69 bits per heavy atom. The highest BCUT2D eigenvalue weighted by molar-refractivity contribution is 9.10. The molecule has 0 N–H and O–H groups in total. The molecule has 2 nitrogen and oxygen atoms in total. The average Bonchev–Trinajstić information content (AvgIpc) is 2.71. The summed E-state index contributed by atoms with van der Waals surface area (Å²) in [6.07, 6.45) is 5.69. The molecular formula is C10H11BrO2. The first-order valence-electron chi connectivity index (χ1n) is 4.55. The van der Waals surface area contributed by atoms with Gasteiger partial charge in [0.05, 0.1) is 4.47 Å². The van der Waals surface area contributed by atoms with Crippen molar-refractivity contribution in [2.75, 3.05) is 0 Å². The second-order valence-electron chi connectivity index (χ2n) is 3.46. The molecule has 70 valence electrons. The molecule has 0 radical (unpaired) electrons. The van der Waals surface area contributed by atoms with E-state index < -0.39 is 0 Å². The normalized spacial score (nSPS) is 17.9. The molecule has 0 atom stereocenters. The minimum Gasteiger partial charge on any atom is -0.457 e. The first-order chi connectivity index (χ1) is 6.31. The van der Waals surface area contributed by atoms with Gasteiger partial charge in [0.1, 0.15) is 5.76 Å². The Kier molecular flexibility index (Phi) is 2.54. The number of aldehydes is 1. The lowest BCUT2D eigenvalue weighted by molar-refractivity contribution is 0.109. The lowest BCUT2D eigenvalue weighted by atomic mass is 10.1. The highest BCUT2D eigenvalue weighted by Crippen LogP contribution is 2.36. The molecule has 0 unspecified atom stereocenters. The molecule has 0 bridgehead atoms. The number of halogens is 1. The molecule has 13 heavy (non-hydrogen) atoms. The summed E-state index contributed by atoms with van der Waals surface area (Å²) in [6, 6.07) is 1.93. The van der Waals surface area contributed by atoms with Crippen LogP contribution >= 0.6 is 15.9 Å². The van der Waals surface area contributed by atoms with E-state index in [1.807, 2.05) is 6.07 Å². The van der Waals surface area contributed by atoms with Crippen molar-refractivity contribution in [3.05, 3.63) is 22.1 Å². The molecule has 1 aromatic rings. The third-order valence-corrected chi connectivity index (χ3v) is 3.22. The van der Waals surface area contributed by atoms with Crippen molar-refractivity contribution in [2.24, 2.45) is 0 Å². The maximum absolute atomic E-state index is 10.5. The summed E-state index contributed by atoms with van der Waals surface area (Å²) in [5, 5.41) is 0. The van der Waals surface area contributed by atoms with E-state index in [1.165, 1.54) is 25.7 Å². The van der Waals surface area contributed by atoms with E-state index in [0.717, 1.165) is 16.5 Å². The van der Waals surface area contributed by atoms with E-state index in [0.29, 0.717) is 11.7 Å². The van der Waals surface area contributed by atoms with Crippen LogP contribution in [0, 0.1) is 0 Å². The van der Waals surface area contributed by atoms with Crippen LogP contribution in [0.1, 0.15) is 47.9 Å². The maximum Gasteiger partial charge on any atom is 0.186 e. The smallest absolute Gasteiger partial charge is 0.186 e. The van der Waals surface area contributed by atoms with Crippen molar-refractivity contribution in [2.45, 2.75) is 31.6 Å². The van der Waals surface area contributed by atoms with Crippen molar-refractivity contribution in [1.82, 2.24) is 0 Å². The Morgan fingerprint density at radius 2 is 2.15 bits per heavy atom. The van der Waals surface area contributed by atoms with E-state index in [1.54, 1.807) is 0 Å². The fourth-order valence-corrected chi connectivity index (χ4v) is 2.29. The summed E-state index contributed by atoms with van der Waals surface area (Å²) >= 11 is 3.30. The number of furan rings is 1. The van der Waals surface area contributed by atoms with Crippen LogP contribution in [0.15, 0.2) is 15.0 Å². The Bertz CT molecular complexity index is 311. The third kappa shape index (κ3) is 1.70.